The van der Waals surface area contributed by atoms with E-state index in [1.807, 2.05) is 0 Å². The first-order valence-electron chi connectivity index (χ1n) is 4.51. The molecule has 6 nitrogen and oxygen atoms in total. The molecule has 3 amide bonds. The third kappa shape index (κ3) is 4.56. The summed E-state index contributed by atoms with van der Waals surface area (Å²) in [5.74, 6) is -0.615. The van der Waals surface area contributed by atoms with Crippen LogP contribution >= 0.6 is 23.2 Å². The normalized spacial score (nSPS) is 10.2. The number of nitrogens with one attached hydrogen (secondary N) is 2. The lowest BCUT2D eigenvalue weighted by Gasteiger charge is -2.12. The first kappa shape index (κ1) is 13.7. The average Bonchev–Trinajstić information content (AvgIpc) is 2.14. The standard InChI is InChI=1S/C9H10Cl2N4O2/c1-15(2)14-9(17)13-8(16)5-3-6(10)12-7(11)4-5/h3-4H,1-2H3,(H2,13,14,16,17). The van der Waals surface area contributed by atoms with Crippen LogP contribution in [0.4, 0.5) is 4.79 Å². The summed E-state index contributed by atoms with van der Waals surface area (Å²) in [5, 5.41) is 3.66. The molecule has 17 heavy (non-hydrogen) atoms. The molecule has 0 radical (unpaired) electrons. The molecule has 0 bridgehead atoms. The van der Waals surface area contributed by atoms with Gasteiger partial charge in [-0.25, -0.2) is 14.8 Å². The lowest BCUT2D eigenvalue weighted by molar-refractivity contribution is 0.0958. The van der Waals surface area contributed by atoms with Crippen LogP contribution in [0.15, 0.2) is 12.1 Å². The van der Waals surface area contributed by atoms with Crippen LogP contribution in [-0.4, -0.2) is 36.0 Å². The van der Waals surface area contributed by atoms with Crippen molar-refractivity contribution in [2.45, 2.75) is 0 Å². The molecule has 1 rings (SSSR count). The molecule has 0 saturated carbocycles. The fourth-order valence-corrected chi connectivity index (χ4v) is 1.46. The van der Waals surface area contributed by atoms with Gasteiger partial charge in [-0.2, -0.15) is 0 Å². The molecule has 0 aliphatic carbocycles. The van der Waals surface area contributed by atoms with Crippen LogP contribution < -0.4 is 10.7 Å². The SMILES string of the molecule is CN(C)NC(=O)NC(=O)c1cc(Cl)nc(Cl)c1. The Labute approximate surface area is 108 Å². The molecule has 0 unspecified atom stereocenters. The summed E-state index contributed by atoms with van der Waals surface area (Å²) in [6.45, 7) is 0. The highest BCUT2D eigenvalue weighted by Crippen LogP contribution is 2.14. The number of urea groups is 1. The van der Waals surface area contributed by atoms with Gasteiger partial charge in [0, 0.05) is 19.7 Å². The lowest BCUT2D eigenvalue weighted by Crippen LogP contribution is -2.45. The summed E-state index contributed by atoms with van der Waals surface area (Å²) >= 11 is 11.3. The van der Waals surface area contributed by atoms with Gasteiger partial charge in [0.15, 0.2) is 0 Å². The van der Waals surface area contributed by atoms with Gasteiger partial charge in [-0.3, -0.25) is 15.5 Å². The van der Waals surface area contributed by atoms with E-state index in [9.17, 15) is 9.59 Å². The van der Waals surface area contributed by atoms with E-state index in [1.165, 1.54) is 17.1 Å². The zero-order chi connectivity index (χ0) is 13.0. The minimum absolute atomic E-state index is 0.0793. The molecule has 2 N–H and O–H groups in total. The number of hydrazine groups is 1. The van der Waals surface area contributed by atoms with E-state index in [0.29, 0.717) is 0 Å². The van der Waals surface area contributed by atoms with E-state index in [1.54, 1.807) is 14.1 Å². The van der Waals surface area contributed by atoms with Crippen molar-refractivity contribution >= 4 is 35.1 Å². The first-order chi connectivity index (χ1) is 7.88. The minimum Gasteiger partial charge on any atom is -0.273 e. The van der Waals surface area contributed by atoms with Crippen molar-refractivity contribution in [3.63, 3.8) is 0 Å². The van der Waals surface area contributed by atoms with Gasteiger partial charge in [0.25, 0.3) is 5.91 Å². The second kappa shape index (κ2) is 5.81. The van der Waals surface area contributed by atoms with Gasteiger partial charge >= 0.3 is 6.03 Å². The van der Waals surface area contributed by atoms with E-state index in [2.05, 4.69) is 15.7 Å². The Bertz CT molecular complexity index is 430. The number of aromatic nitrogens is 1. The van der Waals surface area contributed by atoms with Crippen molar-refractivity contribution < 1.29 is 9.59 Å². The molecular weight excluding hydrogens is 267 g/mol. The fraction of sp³-hybridized carbons (Fsp3) is 0.222. The molecule has 1 aromatic heterocycles. The van der Waals surface area contributed by atoms with Crippen molar-refractivity contribution in [1.29, 1.82) is 0 Å². The predicted molar refractivity (Wildman–Crippen MR) is 63.9 cm³/mol. The average molecular weight is 277 g/mol. The number of hydrogen-bond donors (Lipinski definition) is 2. The number of rotatable bonds is 2. The van der Waals surface area contributed by atoms with Crippen LogP contribution in [0.2, 0.25) is 10.3 Å². The molecule has 0 spiro atoms. The number of hydrogen-bond acceptors (Lipinski definition) is 4. The highest BCUT2D eigenvalue weighted by atomic mass is 35.5. The molecular formula is C9H10Cl2N4O2. The summed E-state index contributed by atoms with van der Waals surface area (Å²) in [6.07, 6.45) is 0. The lowest BCUT2D eigenvalue weighted by atomic mass is 10.2. The summed E-state index contributed by atoms with van der Waals surface area (Å²) in [6, 6.07) is 1.97. The maximum absolute atomic E-state index is 11.6. The van der Waals surface area contributed by atoms with E-state index in [4.69, 9.17) is 23.2 Å². The predicted octanol–water partition coefficient (Wildman–Crippen LogP) is 1.30. The van der Waals surface area contributed by atoms with Crippen LogP contribution in [-0.2, 0) is 0 Å². The number of pyridine rings is 1. The Morgan fingerprint density at radius 2 is 1.76 bits per heavy atom. The number of carbonyl (C=O) groups excluding carboxylic acids is 2. The first-order valence-corrected chi connectivity index (χ1v) is 5.26. The molecule has 8 heteroatoms. The molecule has 0 aliphatic rings. The van der Waals surface area contributed by atoms with Crippen molar-refractivity contribution in [1.82, 2.24) is 20.7 Å². The van der Waals surface area contributed by atoms with Gasteiger partial charge < -0.3 is 0 Å². The maximum Gasteiger partial charge on any atom is 0.336 e. The van der Waals surface area contributed by atoms with Crippen LogP contribution in [0.25, 0.3) is 0 Å². The topological polar surface area (TPSA) is 74.3 Å². The zero-order valence-electron chi connectivity index (χ0n) is 9.12. The smallest absolute Gasteiger partial charge is 0.273 e. The Morgan fingerprint density at radius 3 is 2.24 bits per heavy atom. The van der Waals surface area contributed by atoms with Crippen molar-refractivity contribution in [3.8, 4) is 0 Å². The van der Waals surface area contributed by atoms with Crippen LogP contribution in [0, 0.1) is 0 Å². The third-order valence-electron chi connectivity index (χ3n) is 1.58. The highest BCUT2D eigenvalue weighted by Gasteiger charge is 2.12. The van der Waals surface area contributed by atoms with E-state index >= 15 is 0 Å². The highest BCUT2D eigenvalue weighted by molar-refractivity contribution is 6.33. The van der Waals surface area contributed by atoms with Crippen LogP contribution in [0.1, 0.15) is 10.4 Å². The molecule has 1 heterocycles. The Morgan fingerprint density at radius 1 is 1.24 bits per heavy atom. The van der Waals surface area contributed by atoms with E-state index in [0.717, 1.165) is 0 Å². The Kier molecular flexibility index (Phi) is 4.68. The van der Waals surface area contributed by atoms with Crippen molar-refractivity contribution in [2.75, 3.05) is 14.1 Å². The second-order valence-electron chi connectivity index (χ2n) is 3.29. The molecule has 0 aromatic carbocycles. The summed E-state index contributed by atoms with van der Waals surface area (Å²) in [5.41, 5.74) is 2.51. The van der Waals surface area contributed by atoms with Crippen LogP contribution in [0.3, 0.4) is 0 Å². The number of amides is 3. The largest absolute Gasteiger partial charge is 0.336 e. The Hall–Kier alpha value is -1.37. The summed E-state index contributed by atoms with van der Waals surface area (Å²) in [4.78, 5) is 26.5. The quantitative estimate of drug-likeness (QED) is 0.631. The fourth-order valence-electron chi connectivity index (χ4n) is 1.00. The monoisotopic (exact) mass is 276 g/mol. The van der Waals surface area contributed by atoms with E-state index < -0.39 is 11.9 Å². The number of nitrogens with zero attached hydrogens (tertiary/aromatic N) is 2. The van der Waals surface area contributed by atoms with Crippen LogP contribution in [0.5, 0.6) is 0 Å². The maximum atomic E-state index is 11.6. The molecule has 0 fully saturated rings. The van der Waals surface area contributed by atoms with Gasteiger partial charge in [-0.1, -0.05) is 23.2 Å². The Balaban J connectivity index is 2.73. The minimum atomic E-state index is -0.649. The molecule has 0 aliphatic heterocycles. The zero-order valence-corrected chi connectivity index (χ0v) is 10.6. The summed E-state index contributed by atoms with van der Waals surface area (Å²) < 4.78 is 0. The second-order valence-corrected chi connectivity index (χ2v) is 4.07. The van der Waals surface area contributed by atoms with Gasteiger partial charge in [0.05, 0.1) is 0 Å². The van der Waals surface area contributed by atoms with Crippen molar-refractivity contribution in [3.05, 3.63) is 28.0 Å². The van der Waals surface area contributed by atoms with E-state index in [-0.39, 0.29) is 15.9 Å². The van der Waals surface area contributed by atoms with Gasteiger partial charge in [-0.05, 0) is 12.1 Å². The number of carbonyl (C=O) groups is 2. The van der Waals surface area contributed by atoms with Gasteiger partial charge in [-0.15, -0.1) is 0 Å². The molecule has 0 saturated heterocycles. The molecule has 0 atom stereocenters. The van der Waals surface area contributed by atoms with Crippen molar-refractivity contribution in [2.24, 2.45) is 0 Å². The third-order valence-corrected chi connectivity index (χ3v) is 1.96. The molecule has 1 aromatic rings. The van der Waals surface area contributed by atoms with Gasteiger partial charge in [0.1, 0.15) is 10.3 Å². The number of imide groups is 1. The molecule has 92 valence electrons. The number of halogens is 2. The summed E-state index contributed by atoms with van der Waals surface area (Å²) in [7, 11) is 3.23. The van der Waals surface area contributed by atoms with Gasteiger partial charge in [0.2, 0.25) is 0 Å².